The summed E-state index contributed by atoms with van der Waals surface area (Å²) in [7, 11) is 0. The number of hydrogen-bond acceptors (Lipinski definition) is 5. The highest BCUT2D eigenvalue weighted by Crippen LogP contribution is 2.17. The number of nitrogens with one attached hydrogen (secondary N) is 2. The molecule has 1 heterocycles. The lowest BCUT2D eigenvalue weighted by Crippen LogP contribution is -2.11. The van der Waals surface area contributed by atoms with Crippen molar-refractivity contribution in [2.45, 2.75) is 0 Å². The van der Waals surface area contributed by atoms with E-state index in [4.69, 9.17) is 5.84 Å². The lowest BCUT2D eigenvalue weighted by molar-refractivity contribution is 0.619. The average Bonchev–Trinajstić information content (AvgIpc) is 2.33. The van der Waals surface area contributed by atoms with Crippen LogP contribution in [0.15, 0.2) is 36.5 Å². The van der Waals surface area contributed by atoms with Gasteiger partial charge in [0.05, 0.1) is 6.20 Å². The standard InChI is InChI=1S/C10H10FN5/c11-8-6-13-10(16-12)15-9(8)14-7-4-2-1-3-5-7/h1-6H,12H2,(H2,13,14,15,16). The molecule has 0 saturated carbocycles. The van der Waals surface area contributed by atoms with Crippen molar-refractivity contribution >= 4 is 17.5 Å². The third-order valence-electron chi connectivity index (χ3n) is 1.91. The van der Waals surface area contributed by atoms with Crippen LogP contribution in [-0.2, 0) is 0 Å². The number of nitrogens with two attached hydrogens (primary N) is 1. The van der Waals surface area contributed by atoms with E-state index in [0.717, 1.165) is 11.9 Å². The smallest absolute Gasteiger partial charge is 0.239 e. The highest BCUT2D eigenvalue weighted by molar-refractivity contribution is 5.56. The van der Waals surface area contributed by atoms with E-state index in [9.17, 15) is 4.39 Å². The molecule has 0 aliphatic carbocycles. The van der Waals surface area contributed by atoms with Crippen molar-refractivity contribution in [3.05, 3.63) is 42.3 Å². The van der Waals surface area contributed by atoms with Crippen LogP contribution >= 0.6 is 0 Å². The predicted octanol–water partition coefficient (Wildman–Crippen LogP) is 1.64. The summed E-state index contributed by atoms with van der Waals surface area (Å²) in [6.45, 7) is 0. The molecular formula is C10H10FN5. The SMILES string of the molecule is NNc1ncc(F)c(Nc2ccccc2)n1. The molecule has 0 aliphatic rings. The summed E-state index contributed by atoms with van der Waals surface area (Å²) in [5.41, 5.74) is 2.99. The van der Waals surface area contributed by atoms with Crippen molar-refractivity contribution in [1.29, 1.82) is 0 Å². The Morgan fingerprint density at radius 3 is 2.62 bits per heavy atom. The van der Waals surface area contributed by atoms with Gasteiger partial charge in [0.2, 0.25) is 5.95 Å². The number of aromatic nitrogens is 2. The summed E-state index contributed by atoms with van der Waals surface area (Å²) in [5.74, 6) is 4.83. The highest BCUT2D eigenvalue weighted by Gasteiger charge is 2.05. The van der Waals surface area contributed by atoms with Crippen LogP contribution in [0.3, 0.4) is 0 Å². The van der Waals surface area contributed by atoms with Gasteiger partial charge in [-0.2, -0.15) is 4.98 Å². The second-order valence-corrected chi connectivity index (χ2v) is 3.03. The number of halogens is 1. The first-order valence-electron chi connectivity index (χ1n) is 4.61. The molecule has 0 bridgehead atoms. The molecule has 0 fully saturated rings. The summed E-state index contributed by atoms with van der Waals surface area (Å²) < 4.78 is 13.3. The predicted molar refractivity (Wildman–Crippen MR) is 59.5 cm³/mol. The third kappa shape index (κ3) is 2.23. The fraction of sp³-hybridized carbons (Fsp3) is 0. The maximum atomic E-state index is 13.3. The molecule has 2 rings (SSSR count). The van der Waals surface area contributed by atoms with E-state index in [1.165, 1.54) is 0 Å². The Bertz CT molecular complexity index is 474. The van der Waals surface area contributed by atoms with E-state index >= 15 is 0 Å². The average molecular weight is 219 g/mol. The van der Waals surface area contributed by atoms with E-state index < -0.39 is 5.82 Å². The normalized spacial score (nSPS) is 9.88. The summed E-state index contributed by atoms with van der Waals surface area (Å²) in [5, 5.41) is 2.83. The Kier molecular flexibility index (Phi) is 2.93. The molecule has 0 aliphatic heterocycles. The lowest BCUT2D eigenvalue weighted by Gasteiger charge is -2.07. The summed E-state index contributed by atoms with van der Waals surface area (Å²) in [6, 6.07) is 9.15. The molecule has 0 atom stereocenters. The van der Waals surface area contributed by atoms with Crippen molar-refractivity contribution < 1.29 is 4.39 Å². The van der Waals surface area contributed by atoms with E-state index in [0.29, 0.717) is 0 Å². The van der Waals surface area contributed by atoms with Gasteiger partial charge in [0.15, 0.2) is 11.6 Å². The zero-order valence-electron chi connectivity index (χ0n) is 8.31. The van der Waals surface area contributed by atoms with Crippen LogP contribution in [0.25, 0.3) is 0 Å². The number of nitrogen functional groups attached to an aromatic ring is 1. The largest absolute Gasteiger partial charge is 0.338 e. The minimum absolute atomic E-state index is 0.0779. The van der Waals surface area contributed by atoms with Crippen molar-refractivity contribution in [2.24, 2.45) is 5.84 Å². The summed E-state index contributed by atoms with van der Waals surface area (Å²) in [4.78, 5) is 7.49. The Hall–Kier alpha value is -2.21. The number of para-hydroxylation sites is 1. The van der Waals surface area contributed by atoms with Gasteiger partial charge in [0.1, 0.15) is 0 Å². The first-order valence-corrected chi connectivity index (χ1v) is 4.61. The number of hydrazine groups is 1. The van der Waals surface area contributed by atoms with Crippen LogP contribution in [0.2, 0.25) is 0 Å². The molecule has 6 heteroatoms. The number of benzene rings is 1. The Labute approximate surface area is 91.5 Å². The van der Waals surface area contributed by atoms with Gasteiger partial charge in [-0.3, -0.25) is 5.43 Å². The summed E-state index contributed by atoms with van der Waals surface area (Å²) >= 11 is 0. The van der Waals surface area contributed by atoms with E-state index in [1.807, 2.05) is 18.2 Å². The number of nitrogens with zero attached hydrogens (tertiary/aromatic N) is 2. The van der Waals surface area contributed by atoms with Gasteiger partial charge >= 0.3 is 0 Å². The maximum Gasteiger partial charge on any atom is 0.239 e. The van der Waals surface area contributed by atoms with Crippen molar-refractivity contribution in [3.8, 4) is 0 Å². The lowest BCUT2D eigenvalue weighted by atomic mass is 10.3. The van der Waals surface area contributed by atoms with Gasteiger partial charge in [-0.05, 0) is 12.1 Å². The molecule has 0 amide bonds. The van der Waals surface area contributed by atoms with Gasteiger partial charge in [0, 0.05) is 5.69 Å². The van der Waals surface area contributed by atoms with Crippen LogP contribution < -0.4 is 16.6 Å². The molecule has 82 valence electrons. The quantitative estimate of drug-likeness (QED) is 0.540. The van der Waals surface area contributed by atoms with Crippen LogP contribution in [0.5, 0.6) is 0 Å². The Morgan fingerprint density at radius 2 is 1.94 bits per heavy atom. The van der Waals surface area contributed by atoms with Crippen molar-refractivity contribution in [3.63, 3.8) is 0 Å². The molecule has 5 nitrogen and oxygen atoms in total. The third-order valence-corrected chi connectivity index (χ3v) is 1.91. The maximum absolute atomic E-state index is 13.3. The van der Waals surface area contributed by atoms with E-state index in [-0.39, 0.29) is 11.8 Å². The number of anilines is 3. The summed E-state index contributed by atoms with van der Waals surface area (Å²) in [6.07, 6.45) is 1.05. The van der Waals surface area contributed by atoms with Gasteiger partial charge in [-0.25, -0.2) is 15.2 Å². The fourth-order valence-electron chi connectivity index (χ4n) is 1.18. The van der Waals surface area contributed by atoms with Gasteiger partial charge in [0.25, 0.3) is 0 Å². The fourth-order valence-corrected chi connectivity index (χ4v) is 1.18. The van der Waals surface area contributed by atoms with Crippen LogP contribution in [-0.4, -0.2) is 9.97 Å². The number of hydrogen-bond donors (Lipinski definition) is 3. The van der Waals surface area contributed by atoms with Crippen LogP contribution in [0.1, 0.15) is 0 Å². The second kappa shape index (κ2) is 4.54. The zero-order chi connectivity index (χ0) is 11.4. The minimum atomic E-state index is -0.539. The second-order valence-electron chi connectivity index (χ2n) is 3.03. The van der Waals surface area contributed by atoms with Crippen molar-refractivity contribution in [1.82, 2.24) is 9.97 Å². The van der Waals surface area contributed by atoms with Crippen LogP contribution in [0, 0.1) is 5.82 Å². The molecule has 0 unspecified atom stereocenters. The minimum Gasteiger partial charge on any atom is -0.338 e. The molecule has 1 aromatic heterocycles. The van der Waals surface area contributed by atoms with Crippen LogP contribution in [0.4, 0.5) is 21.8 Å². The molecule has 0 spiro atoms. The van der Waals surface area contributed by atoms with E-state index in [2.05, 4.69) is 20.7 Å². The monoisotopic (exact) mass is 219 g/mol. The number of rotatable bonds is 3. The molecule has 2 aromatic rings. The van der Waals surface area contributed by atoms with Crippen molar-refractivity contribution in [2.75, 3.05) is 10.7 Å². The zero-order valence-corrected chi connectivity index (χ0v) is 8.31. The van der Waals surface area contributed by atoms with Gasteiger partial charge < -0.3 is 5.32 Å². The first-order chi connectivity index (χ1) is 7.79. The van der Waals surface area contributed by atoms with E-state index in [1.54, 1.807) is 12.1 Å². The Balaban J connectivity index is 2.27. The molecule has 4 N–H and O–H groups in total. The first kappa shape index (κ1) is 10.3. The highest BCUT2D eigenvalue weighted by atomic mass is 19.1. The van der Waals surface area contributed by atoms with Gasteiger partial charge in [-0.1, -0.05) is 18.2 Å². The molecular weight excluding hydrogens is 209 g/mol. The molecule has 16 heavy (non-hydrogen) atoms. The Morgan fingerprint density at radius 1 is 1.19 bits per heavy atom. The molecule has 0 radical (unpaired) electrons. The molecule has 1 aromatic carbocycles. The topological polar surface area (TPSA) is 75.9 Å². The molecule has 0 saturated heterocycles. The van der Waals surface area contributed by atoms with Gasteiger partial charge in [-0.15, -0.1) is 0 Å².